The third-order valence-electron chi connectivity index (χ3n) is 3.33. The molecule has 0 spiro atoms. The van der Waals surface area contributed by atoms with Crippen LogP contribution in [0.15, 0.2) is 0 Å². The van der Waals surface area contributed by atoms with Crippen molar-refractivity contribution < 1.29 is 9.53 Å². The largest absolute Gasteiger partial charge is 0.444 e. The Morgan fingerprint density at radius 1 is 1.32 bits per heavy atom. The van der Waals surface area contributed by atoms with Gasteiger partial charge in [0.2, 0.25) is 0 Å². The summed E-state index contributed by atoms with van der Waals surface area (Å²) in [5, 5.41) is 2.97. The molecule has 0 atom stereocenters. The molecule has 4 heteroatoms. The second-order valence-corrected chi connectivity index (χ2v) is 6.94. The summed E-state index contributed by atoms with van der Waals surface area (Å²) in [6, 6.07) is 0.269. The van der Waals surface area contributed by atoms with Crippen LogP contribution in [-0.2, 0) is 4.74 Å². The van der Waals surface area contributed by atoms with Crippen LogP contribution in [0.3, 0.4) is 0 Å². The molecule has 1 aliphatic rings. The van der Waals surface area contributed by atoms with E-state index in [9.17, 15) is 4.79 Å². The van der Waals surface area contributed by atoms with Crippen molar-refractivity contribution in [1.82, 2.24) is 10.2 Å². The van der Waals surface area contributed by atoms with Gasteiger partial charge >= 0.3 is 6.09 Å². The number of nitrogens with one attached hydrogen (secondary N) is 1. The van der Waals surface area contributed by atoms with Crippen LogP contribution in [0.1, 0.15) is 53.9 Å². The number of hydrogen-bond acceptors (Lipinski definition) is 3. The van der Waals surface area contributed by atoms with Crippen molar-refractivity contribution in [2.24, 2.45) is 5.92 Å². The van der Waals surface area contributed by atoms with Crippen molar-refractivity contribution >= 4 is 6.09 Å². The van der Waals surface area contributed by atoms with E-state index < -0.39 is 5.60 Å². The molecule has 4 nitrogen and oxygen atoms in total. The quantitative estimate of drug-likeness (QED) is 0.854. The van der Waals surface area contributed by atoms with Crippen molar-refractivity contribution in [2.75, 3.05) is 19.6 Å². The Labute approximate surface area is 117 Å². The van der Waals surface area contributed by atoms with Crippen molar-refractivity contribution in [3.8, 4) is 0 Å². The summed E-state index contributed by atoms with van der Waals surface area (Å²) in [7, 11) is 0. The van der Waals surface area contributed by atoms with E-state index in [4.69, 9.17) is 4.74 Å². The number of rotatable bonds is 4. The van der Waals surface area contributed by atoms with Gasteiger partial charge in [0.25, 0.3) is 0 Å². The Balaban J connectivity index is 2.21. The summed E-state index contributed by atoms with van der Waals surface area (Å²) in [6.45, 7) is 13.5. The summed E-state index contributed by atoms with van der Waals surface area (Å²) in [6.07, 6.45) is 3.02. The molecular formula is C15H30N2O2. The number of alkyl carbamates (subject to hydrolysis) is 1. The fourth-order valence-corrected chi connectivity index (χ4v) is 2.22. The van der Waals surface area contributed by atoms with Gasteiger partial charge in [0.05, 0.1) is 0 Å². The van der Waals surface area contributed by atoms with Gasteiger partial charge in [-0.3, -0.25) is 0 Å². The third-order valence-corrected chi connectivity index (χ3v) is 3.33. The summed E-state index contributed by atoms with van der Waals surface area (Å²) < 4.78 is 5.28. The second-order valence-electron chi connectivity index (χ2n) is 6.94. The predicted molar refractivity (Wildman–Crippen MR) is 78.3 cm³/mol. The first-order valence-corrected chi connectivity index (χ1v) is 7.48. The molecule has 0 unspecified atom stereocenters. The molecule has 0 aliphatic carbocycles. The third kappa shape index (κ3) is 7.41. The minimum Gasteiger partial charge on any atom is -0.444 e. The minimum atomic E-state index is -0.415. The number of piperidine rings is 1. The van der Waals surface area contributed by atoms with Crippen LogP contribution in [0.2, 0.25) is 0 Å². The highest BCUT2D eigenvalue weighted by atomic mass is 16.6. The van der Waals surface area contributed by atoms with Crippen molar-refractivity contribution in [3.05, 3.63) is 0 Å². The lowest BCUT2D eigenvalue weighted by Gasteiger charge is -2.33. The molecule has 19 heavy (non-hydrogen) atoms. The Hall–Kier alpha value is -0.770. The fraction of sp³-hybridized carbons (Fsp3) is 0.933. The van der Waals surface area contributed by atoms with Crippen LogP contribution in [0, 0.1) is 5.92 Å². The molecule has 0 saturated carbocycles. The molecular weight excluding hydrogens is 240 g/mol. The van der Waals surface area contributed by atoms with Gasteiger partial charge in [0.15, 0.2) is 0 Å². The molecule has 1 heterocycles. The number of amides is 1. The molecule has 0 radical (unpaired) electrons. The first-order valence-electron chi connectivity index (χ1n) is 7.48. The predicted octanol–water partition coefficient (Wildman–Crippen LogP) is 3.02. The Kier molecular flexibility index (Phi) is 6.11. The van der Waals surface area contributed by atoms with Gasteiger partial charge in [-0.2, -0.15) is 0 Å². The lowest BCUT2D eigenvalue weighted by molar-refractivity contribution is 0.0478. The average Bonchev–Trinajstić information content (AvgIpc) is 2.25. The highest BCUT2D eigenvalue weighted by Crippen LogP contribution is 2.13. The van der Waals surface area contributed by atoms with Crippen LogP contribution in [-0.4, -0.2) is 42.3 Å². The molecule has 0 bridgehead atoms. The van der Waals surface area contributed by atoms with E-state index >= 15 is 0 Å². The SMILES string of the molecule is CC(C)CCN1CCC(NC(=O)OC(C)(C)C)CC1. The first kappa shape index (κ1) is 16.3. The minimum absolute atomic E-state index is 0.269. The molecule has 112 valence electrons. The van der Waals surface area contributed by atoms with Crippen LogP contribution in [0.4, 0.5) is 4.79 Å². The maximum atomic E-state index is 11.7. The lowest BCUT2D eigenvalue weighted by Crippen LogP contribution is -2.46. The van der Waals surface area contributed by atoms with E-state index in [1.807, 2.05) is 20.8 Å². The van der Waals surface area contributed by atoms with E-state index in [0.29, 0.717) is 0 Å². The smallest absolute Gasteiger partial charge is 0.407 e. The lowest BCUT2D eigenvalue weighted by atomic mass is 10.0. The zero-order chi connectivity index (χ0) is 14.5. The summed E-state index contributed by atoms with van der Waals surface area (Å²) >= 11 is 0. The Morgan fingerprint density at radius 2 is 1.89 bits per heavy atom. The van der Waals surface area contributed by atoms with Gasteiger partial charge in [0, 0.05) is 19.1 Å². The number of likely N-dealkylation sites (tertiary alicyclic amines) is 1. The molecule has 1 rings (SSSR count). The second kappa shape index (κ2) is 7.13. The van der Waals surface area contributed by atoms with E-state index in [1.165, 1.54) is 13.0 Å². The summed E-state index contributed by atoms with van der Waals surface area (Å²) in [5.74, 6) is 0.762. The van der Waals surface area contributed by atoms with E-state index in [2.05, 4.69) is 24.1 Å². The van der Waals surface area contributed by atoms with Crippen LogP contribution < -0.4 is 5.32 Å². The molecule has 1 amide bonds. The maximum Gasteiger partial charge on any atom is 0.407 e. The monoisotopic (exact) mass is 270 g/mol. The van der Waals surface area contributed by atoms with Crippen molar-refractivity contribution in [3.63, 3.8) is 0 Å². The van der Waals surface area contributed by atoms with Crippen molar-refractivity contribution in [1.29, 1.82) is 0 Å². The molecule has 1 aliphatic heterocycles. The van der Waals surface area contributed by atoms with E-state index in [-0.39, 0.29) is 12.1 Å². The van der Waals surface area contributed by atoms with Gasteiger partial charge < -0.3 is 15.0 Å². The van der Waals surface area contributed by atoms with Gasteiger partial charge in [-0.25, -0.2) is 4.79 Å². The Morgan fingerprint density at radius 3 is 2.37 bits per heavy atom. The number of carbonyl (C=O) groups excluding carboxylic acids is 1. The molecule has 1 fully saturated rings. The maximum absolute atomic E-state index is 11.7. The number of carbonyl (C=O) groups is 1. The highest BCUT2D eigenvalue weighted by Gasteiger charge is 2.23. The summed E-state index contributed by atoms with van der Waals surface area (Å²) in [5.41, 5.74) is -0.415. The van der Waals surface area contributed by atoms with Gasteiger partial charge in [-0.15, -0.1) is 0 Å². The highest BCUT2D eigenvalue weighted by molar-refractivity contribution is 5.68. The molecule has 1 N–H and O–H groups in total. The van der Waals surface area contributed by atoms with Gasteiger partial charge in [-0.1, -0.05) is 13.8 Å². The van der Waals surface area contributed by atoms with Crippen LogP contribution in [0.25, 0.3) is 0 Å². The van der Waals surface area contributed by atoms with E-state index in [1.54, 1.807) is 0 Å². The number of hydrogen-bond donors (Lipinski definition) is 1. The zero-order valence-corrected chi connectivity index (χ0v) is 13.2. The normalized spacial score (nSPS) is 18.6. The molecule has 0 aromatic heterocycles. The van der Waals surface area contributed by atoms with Crippen LogP contribution in [0.5, 0.6) is 0 Å². The molecule has 1 saturated heterocycles. The number of ether oxygens (including phenoxy) is 1. The summed E-state index contributed by atoms with van der Waals surface area (Å²) in [4.78, 5) is 14.2. The van der Waals surface area contributed by atoms with Gasteiger partial charge in [0.1, 0.15) is 5.60 Å². The molecule has 0 aromatic carbocycles. The van der Waals surface area contributed by atoms with Crippen LogP contribution >= 0.6 is 0 Å². The fourth-order valence-electron chi connectivity index (χ4n) is 2.22. The molecule has 0 aromatic rings. The van der Waals surface area contributed by atoms with Crippen molar-refractivity contribution in [2.45, 2.75) is 65.5 Å². The topological polar surface area (TPSA) is 41.6 Å². The number of nitrogens with zero attached hydrogens (tertiary/aromatic N) is 1. The first-order chi connectivity index (χ1) is 8.76. The van der Waals surface area contributed by atoms with E-state index in [0.717, 1.165) is 31.8 Å². The van der Waals surface area contributed by atoms with Gasteiger partial charge in [-0.05, 0) is 52.5 Å². The Bertz CT molecular complexity index is 276. The zero-order valence-electron chi connectivity index (χ0n) is 13.2. The average molecular weight is 270 g/mol. The standard InChI is InChI=1S/C15H30N2O2/c1-12(2)6-9-17-10-7-13(8-11-17)16-14(18)19-15(3,4)5/h12-13H,6-11H2,1-5H3,(H,16,18).